The number of hydrogen-bond donors (Lipinski definition) is 2. The summed E-state index contributed by atoms with van der Waals surface area (Å²) in [6.07, 6.45) is 5.89. The van der Waals surface area contributed by atoms with Crippen molar-refractivity contribution in [1.82, 2.24) is 15.3 Å². The Kier molecular flexibility index (Phi) is 4.54. The Bertz CT molecular complexity index is 206. The Hall–Kier alpha value is -0.830. The summed E-state index contributed by atoms with van der Waals surface area (Å²) in [5, 5.41) is 3.43. The van der Waals surface area contributed by atoms with Crippen molar-refractivity contribution < 1.29 is 0 Å². The maximum absolute atomic E-state index is 3.97. The lowest BCUT2D eigenvalue weighted by Crippen LogP contribution is -2.23. The van der Waals surface area contributed by atoms with Crippen molar-refractivity contribution in [1.29, 1.82) is 0 Å². The van der Waals surface area contributed by atoms with Crippen molar-refractivity contribution >= 4 is 0 Å². The molecule has 1 aromatic heterocycles. The van der Waals surface area contributed by atoms with Gasteiger partial charge in [0.1, 0.15) is 0 Å². The number of aromatic nitrogens is 2. The van der Waals surface area contributed by atoms with Crippen LogP contribution in [0.3, 0.4) is 0 Å². The van der Waals surface area contributed by atoms with E-state index in [1.165, 1.54) is 12.1 Å². The third-order valence-electron chi connectivity index (χ3n) is 2.32. The predicted octanol–water partition coefficient (Wildman–Crippen LogP) is 1.59. The Morgan fingerprint density at radius 3 is 3.08 bits per heavy atom. The lowest BCUT2D eigenvalue weighted by Gasteiger charge is -2.08. The molecule has 1 aromatic rings. The summed E-state index contributed by atoms with van der Waals surface area (Å²) >= 11 is 0. The molecular weight excluding hydrogens is 162 g/mol. The Morgan fingerprint density at radius 2 is 2.46 bits per heavy atom. The molecule has 0 aromatic carbocycles. The molecule has 0 spiro atoms. The molecule has 1 atom stereocenters. The van der Waals surface area contributed by atoms with Crippen LogP contribution in [0.5, 0.6) is 0 Å². The number of nitrogens with one attached hydrogen (secondary N) is 2. The van der Waals surface area contributed by atoms with Crippen molar-refractivity contribution in [3.05, 3.63) is 18.2 Å². The van der Waals surface area contributed by atoms with Gasteiger partial charge in [-0.1, -0.05) is 20.3 Å². The van der Waals surface area contributed by atoms with Crippen LogP contribution in [0.15, 0.2) is 12.5 Å². The van der Waals surface area contributed by atoms with E-state index in [-0.39, 0.29) is 0 Å². The van der Waals surface area contributed by atoms with Crippen molar-refractivity contribution in [3.8, 4) is 0 Å². The molecule has 1 heterocycles. The molecule has 0 aliphatic rings. The van der Waals surface area contributed by atoms with Gasteiger partial charge in [-0.05, 0) is 12.5 Å². The summed E-state index contributed by atoms with van der Waals surface area (Å²) in [6.45, 7) is 6.64. The van der Waals surface area contributed by atoms with Gasteiger partial charge < -0.3 is 10.3 Å². The normalized spacial score (nSPS) is 13.1. The van der Waals surface area contributed by atoms with E-state index in [0.29, 0.717) is 0 Å². The summed E-state index contributed by atoms with van der Waals surface area (Å²) < 4.78 is 0. The van der Waals surface area contributed by atoms with Gasteiger partial charge in [0, 0.05) is 24.9 Å². The summed E-state index contributed by atoms with van der Waals surface area (Å²) in [4.78, 5) is 7.06. The first-order chi connectivity index (χ1) is 6.33. The van der Waals surface area contributed by atoms with Crippen LogP contribution >= 0.6 is 0 Å². The molecule has 13 heavy (non-hydrogen) atoms. The Morgan fingerprint density at radius 1 is 1.62 bits per heavy atom. The molecule has 0 amide bonds. The van der Waals surface area contributed by atoms with Gasteiger partial charge >= 0.3 is 0 Å². The molecule has 0 bridgehead atoms. The van der Waals surface area contributed by atoms with Gasteiger partial charge in [0.15, 0.2) is 0 Å². The highest BCUT2D eigenvalue weighted by Crippen LogP contribution is 1.97. The molecule has 0 fully saturated rings. The van der Waals surface area contributed by atoms with Gasteiger partial charge in [0.25, 0.3) is 0 Å². The second-order valence-corrected chi connectivity index (χ2v) is 3.54. The van der Waals surface area contributed by atoms with Gasteiger partial charge in [-0.15, -0.1) is 0 Å². The second-order valence-electron chi connectivity index (χ2n) is 3.54. The monoisotopic (exact) mass is 181 g/mol. The molecule has 0 saturated carbocycles. The van der Waals surface area contributed by atoms with E-state index >= 15 is 0 Å². The van der Waals surface area contributed by atoms with Crippen molar-refractivity contribution in [2.75, 3.05) is 13.1 Å². The predicted molar refractivity (Wildman–Crippen MR) is 54.6 cm³/mol. The molecule has 1 rings (SSSR count). The number of hydrogen-bond acceptors (Lipinski definition) is 2. The van der Waals surface area contributed by atoms with Crippen LogP contribution in [0.2, 0.25) is 0 Å². The fourth-order valence-corrected chi connectivity index (χ4v) is 1.14. The van der Waals surface area contributed by atoms with Gasteiger partial charge in [-0.25, -0.2) is 4.98 Å². The van der Waals surface area contributed by atoms with E-state index < -0.39 is 0 Å². The van der Waals surface area contributed by atoms with E-state index in [1.54, 1.807) is 6.33 Å². The maximum atomic E-state index is 3.97. The van der Waals surface area contributed by atoms with E-state index in [9.17, 15) is 0 Å². The van der Waals surface area contributed by atoms with Crippen molar-refractivity contribution in [2.45, 2.75) is 26.7 Å². The van der Waals surface area contributed by atoms with E-state index in [2.05, 4.69) is 29.1 Å². The molecule has 0 aliphatic carbocycles. The zero-order valence-corrected chi connectivity index (χ0v) is 8.51. The average molecular weight is 181 g/mol. The van der Waals surface area contributed by atoms with Gasteiger partial charge in [0.2, 0.25) is 0 Å². The van der Waals surface area contributed by atoms with E-state index in [0.717, 1.165) is 25.4 Å². The first kappa shape index (κ1) is 10.3. The lowest BCUT2D eigenvalue weighted by molar-refractivity contribution is 0.501. The van der Waals surface area contributed by atoms with Crippen LogP contribution in [0.1, 0.15) is 26.0 Å². The highest BCUT2D eigenvalue weighted by atomic mass is 14.9. The standard InChI is InChI=1S/C10H19N3/c1-3-9(2)6-11-5-4-10-7-12-8-13-10/h7-9,11H,3-6H2,1-2H3,(H,12,13). The smallest absolute Gasteiger partial charge is 0.0921 e. The quantitative estimate of drug-likeness (QED) is 0.654. The minimum Gasteiger partial charge on any atom is -0.348 e. The van der Waals surface area contributed by atoms with Crippen molar-refractivity contribution in [2.24, 2.45) is 5.92 Å². The van der Waals surface area contributed by atoms with Gasteiger partial charge in [-0.3, -0.25) is 0 Å². The third-order valence-corrected chi connectivity index (χ3v) is 2.32. The molecule has 2 N–H and O–H groups in total. The van der Waals surface area contributed by atoms with Crippen LogP contribution in [-0.4, -0.2) is 23.1 Å². The maximum Gasteiger partial charge on any atom is 0.0921 e. The Balaban J connectivity index is 2.02. The van der Waals surface area contributed by atoms with Crippen LogP contribution < -0.4 is 5.32 Å². The molecule has 74 valence electrons. The van der Waals surface area contributed by atoms with Crippen LogP contribution in [0.4, 0.5) is 0 Å². The van der Waals surface area contributed by atoms with Crippen molar-refractivity contribution in [3.63, 3.8) is 0 Å². The average Bonchev–Trinajstić information content (AvgIpc) is 2.64. The minimum atomic E-state index is 0.779. The molecule has 3 heteroatoms. The van der Waals surface area contributed by atoms with Gasteiger partial charge in [0.05, 0.1) is 6.33 Å². The summed E-state index contributed by atoms with van der Waals surface area (Å²) in [5.74, 6) is 0.779. The molecule has 0 saturated heterocycles. The third kappa shape index (κ3) is 4.08. The molecular formula is C10H19N3. The second kappa shape index (κ2) is 5.75. The fourth-order valence-electron chi connectivity index (χ4n) is 1.14. The minimum absolute atomic E-state index is 0.779. The lowest BCUT2D eigenvalue weighted by atomic mass is 10.1. The number of imidazole rings is 1. The summed E-state index contributed by atoms with van der Waals surface area (Å²) in [6, 6.07) is 0. The Labute approximate surface area is 80.0 Å². The highest BCUT2D eigenvalue weighted by molar-refractivity contribution is 4.94. The summed E-state index contributed by atoms with van der Waals surface area (Å²) in [7, 11) is 0. The van der Waals surface area contributed by atoms with Crippen LogP contribution in [0.25, 0.3) is 0 Å². The zero-order chi connectivity index (χ0) is 9.52. The molecule has 1 unspecified atom stereocenters. The van der Waals surface area contributed by atoms with E-state index in [1.807, 2.05) is 6.20 Å². The summed E-state index contributed by atoms with van der Waals surface area (Å²) in [5.41, 5.74) is 1.21. The van der Waals surface area contributed by atoms with E-state index in [4.69, 9.17) is 0 Å². The largest absolute Gasteiger partial charge is 0.348 e. The number of H-pyrrole nitrogens is 1. The highest BCUT2D eigenvalue weighted by Gasteiger charge is 1.97. The number of aromatic amines is 1. The number of rotatable bonds is 6. The van der Waals surface area contributed by atoms with Crippen LogP contribution in [0, 0.1) is 5.92 Å². The number of nitrogens with zero attached hydrogens (tertiary/aromatic N) is 1. The molecule has 0 radical (unpaired) electrons. The van der Waals surface area contributed by atoms with Gasteiger partial charge in [-0.2, -0.15) is 0 Å². The fraction of sp³-hybridized carbons (Fsp3) is 0.700. The first-order valence-electron chi connectivity index (χ1n) is 5.01. The molecule has 3 nitrogen and oxygen atoms in total. The topological polar surface area (TPSA) is 40.7 Å². The van der Waals surface area contributed by atoms with Crippen LogP contribution in [-0.2, 0) is 6.42 Å². The first-order valence-corrected chi connectivity index (χ1v) is 5.01. The SMILES string of the molecule is CCC(C)CNCCc1cnc[nH]1. The zero-order valence-electron chi connectivity index (χ0n) is 8.51. The molecule has 0 aliphatic heterocycles.